The van der Waals surface area contributed by atoms with Crippen molar-refractivity contribution in [2.24, 2.45) is 11.8 Å². The largest absolute Gasteiger partial charge is 0.381 e. The van der Waals surface area contributed by atoms with Crippen LogP contribution in [0.4, 0.5) is 5.82 Å². The van der Waals surface area contributed by atoms with Crippen LogP contribution in [0, 0.1) is 11.8 Å². The first-order chi connectivity index (χ1) is 11.8. The number of aromatic nitrogens is 2. The minimum Gasteiger partial charge on any atom is -0.381 e. The Morgan fingerprint density at radius 3 is 3.04 bits per heavy atom. The van der Waals surface area contributed by atoms with E-state index in [1.54, 1.807) is 6.33 Å². The molecule has 24 heavy (non-hydrogen) atoms. The maximum Gasteiger partial charge on any atom is 0.226 e. The van der Waals surface area contributed by atoms with Gasteiger partial charge in [0, 0.05) is 37.8 Å². The second-order valence-electron chi connectivity index (χ2n) is 7.23. The number of hydrogen-bond acceptors (Lipinski definition) is 5. The Balaban J connectivity index is 1.32. The molecule has 2 fully saturated rings. The maximum absolute atomic E-state index is 12.2. The summed E-state index contributed by atoms with van der Waals surface area (Å²) >= 11 is 0. The van der Waals surface area contributed by atoms with Gasteiger partial charge in [-0.1, -0.05) is 0 Å². The van der Waals surface area contributed by atoms with Gasteiger partial charge in [-0.05, 0) is 44.4 Å². The van der Waals surface area contributed by atoms with Crippen LogP contribution in [-0.4, -0.2) is 47.1 Å². The van der Waals surface area contributed by atoms with Crippen molar-refractivity contribution in [3.8, 4) is 0 Å². The van der Waals surface area contributed by atoms with Gasteiger partial charge in [-0.15, -0.1) is 0 Å². The molecule has 6 heteroatoms. The lowest BCUT2D eigenvalue weighted by Gasteiger charge is -2.29. The number of ether oxygens (including phenoxy) is 1. The van der Waals surface area contributed by atoms with Crippen molar-refractivity contribution in [2.45, 2.75) is 45.1 Å². The molecule has 0 radical (unpaired) electrons. The molecule has 0 aromatic carbocycles. The summed E-state index contributed by atoms with van der Waals surface area (Å²) in [6.45, 7) is 4.22. The number of carbonyl (C=O) groups excluding carboxylic acids is 1. The van der Waals surface area contributed by atoms with Crippen LogP contribution in [0.2, 0.25) is 0 Å². The molecule has 1 saturated carbocycles. The summed E-state index contributed by atoms with van der Waals surface area (Å²) in [5.74, 6) is 2.28. The minimum atomic E-state index is 0.283. The topological polar surface area (TPSA) is 67.4 Å². The number of nitrogens with zero attached hydrogens (tertiary/aromatic N) is 3. The highest BCUT2D eigenvalue weighted by atomic mass is 16.5. The molecule has 3 heterocycles. The average Bonchev–Trinajstić information content (AvgIpc) is 3.34. The highest BCUT2D eigenvalue weighted by Crippen LogP contribution is 2.33. The summed E-state index contributed by atoms with van der Waals surface area (Å²) in [5.41, 5.74) is 2.21. The number of carbonyl (C=O) groups is 1. The van der Waals surface area contributed by atoms with Crippen LogP contribution >= 0.6 is 0 Å². The van der Waals surface area contributed by atoms with Crippen molar-refractivity contribution in [1.29, 1.82) is 0 Å². The molecule has 1 aromatic heterocycles. The molecular formula is C18H26N4O2. The van der Waals surface area contributed by atoms with E-state index in [1.165, 1.54) is 18.4 Å². The summed E-state index contributed by atoms with van der Waals surface area (Å²) in [5, 5.41) is 3.48. The fourth-order valence-electron chi connectivity index (χ4n) is 3.69. The first-order valence-corrected chi connectivity index (χ1v) is 9.24. The summed E-state index contributed by atoms with van der Waals surface area (Å²) in [6.07, 6.45) is 8.15. The number of fused-ring (bicyclic) bond motifs is 1. The van der Waals surface area contributed by atoms with Crippen LogP contribution in [0.3, 0.4) is 0 Å². The summed E-state index contributed by atoms with van der Waals surface area (Å²) in [6, 6.07) is 0. The van der Waals surface area contributed by atoms with Crippen molar-refractivity contribution >= 4 is 11.7 Å². The third kappa shape index (κ3) is 3.53. The van der Waals surface area contributed by atoms with E-state index >= 15 is 0 Å². The first kappa shape index (κ1) is 15.8. The zero-order valence-corrected chi connectivity index (χ0v) is 14.2. The van der Waals surface area contributed by atoms with Crippen LogP contribution in [0.15, 0.2) is 6.33 Å². The van der Waals surface area contributed by atoms with Gasteiger partial charge in [-0.25, -0.2) is 9.97 Å². The van der Waals surface area contributed by atoms with E-state index in [0.29, 0.717) is 12.5 Å². The van der Waals surface area contributed by atoms with E-state index in [0.717, 1.165) is 69.4 Å². The molecule has 1 amide bonds. The van der Waals surface area contributed by atoms with Gasteiger partial charge < -0.3 is 15.0 Å². The molecule has 1 aliphatic carbocycles. The SMILES string of the molecule is O=C(C1CC1)N1CCc2c(ncnc2NCCC[C@H]2CCOC2)C1. The highest BCUT2D eigenvalue weighted by molar-refractivity contribution is 5.81. The molecule has 2 aliphatic heterocycles. The molecule has 1 aromatic rings. The van der Waals surface area contributed by atoms with Gasteiger partial charge in [-0.2, -0.15) is 0 Å². The molecular weight excluding hydrogens is 304 g/mol. The van der Waals surface area contributed by atoms with E-state index in [9.17, 15) is 4.79 Å². The van der Waals surface area contributed by atoms with Crippen LogP contribution in [0.5, 0.6) is 0 Å². The molecule has 6 nitrogen and oxygen atoms in total. The number of anilines is 1. The molecule has 130 valence electrons. The minimum absolute atomic E-state index is 0.283. The molecule has 1 atom stereocenters. The lowest BCUT2D eigenvalue weighted by molar-refractivity contribution is -0.133. The lowest BCUT2D eigenvalue weighted by atomic mass is 10.0. The fraction of sp³-hybridized carbons (Fsp3) is 0.722. The van der Waals surface area contributed by atoms with Gasteiger partial charge in [0.25, 0.3) is 0 Å². The van der Waals surface area contributed by atoms with E-state index in [1.807, 2.05) is 4.90 Å². The second kappa shape index (κ2) is 7.05. The van der Waals surface area contributed by atoms with Crippen LogP contribution in [0.1, 0.15) is 43.4 Å². The summed E-state index contributed by atoms with van der Waals surface area (Å²) < 4.78 is 5.42. The first-order valence-electron chi connectivity index (χ1n) is 9.24. The molecule has 0 spiro atoms. The normalized spacial score (nSPS) is 23.2. The van der Waals surface area contributed by atoms with Crippen LogP contribution in [-0.2, 0) is 22.5 Å². The maximum atomic E-state index is 12.2. The van der Waals surface area contributed by atoms with Crippen LogP contribution < -0.4 is 5.32 Å². The van der Waals surface area contributed by atoms with Gasteiger partial charge in [0.1, 0.15) is 12.1 Å². The Hall–Kier alpha value is -1.69. The summed E-state index contributed by atoms with van der Waals surface area (Å²) in [4.78, 5) is 23.1. The second-order valence-corrected chi connectivity index (χ2v) is 7.23. The Labute approximate surface area is 143 Å². The average molecular weight is 330 g/mol. The molecule has 0 bridgehead atoms. The third-order valence-corrected chi connectivity index (χ3v) is 5.35. The number of hydrogen-bond donors (Lipinski definition) is 1. The Morgan fingerprint density at radius 2 is 2.25 bits per heavy atom. The van der Waals surface area contributed by atoms with Crippen molar-refractivity contribution in [3.63, 3.8) is 0 Å². The van der Waals surface area contributed by atoms with Crippen molar-refractivity contribution < 1.29 is 9.53 Å². The quantitative estimate of drug-likeness (QED) is 0.808. The fourth-order valence-corrected chi connectivity index (χ4v) is 3.69. The Morgan fingerprint density at radius 1 is 1.33 bits per heavy atom. The van der Waals surface area contributed by atoms with Gasteiger partial charge in [0.15, 0.2) is 0 Å². The molecule has 0 unspecified atom stereocenters. The monoisotopic (exact) mass is 330 g/mol. The zero-order valence-electron chi connectivity index (χ0n) is 14.2. The van der Waals surface area contributed by atoms with Crippen molar-refractivity contribution in [2.75, 3.05) is 31.6 Å². The van der Waals surface area contributed by atoms with Gasteiger partial charge >= 0.3 is 0 Å². The molecule has 4 rings (SSSR count). The Kier molecular flexibility index (Phi) is 4.65. The van der Waals surface area contributed by atoms with Crippen molar-refractivity contribution in [1.82, 2.24) is 14.9 Å². The van der Waals surface area contributed by atoms with Gasteiger partial charge in [-0.3, -0.25) is 4.79 Å². The molecule has 1 saturated heterocycles. The smallest absolute Gasteiger partial charge is 0.226 e. The standard InChI is InChI=1S/C18H26N4O2/c23-18(14-3-4-14)22-8-5-15-16(10-22)20-12-21-17(15)19-7-1-2-13-6-9-24-11-13/h12-14H,1-11H2,(H,19,20,21)/t13-/m0/s1. The number of nitrogens with one attached hydrogen (secondary N) is 1. The van der Waals surface area contributed by atoms with E-state index < -0.39 is 0 Å². The molecule has 1 N–H and O–H groups in total. The van der Waals surface area contributed by atoms with Crippen molar-refractivity contribution in [3.05, 3.63) is 17.6 Å². The van der Waals surface area contributed by atoms with Gasteiger partial charge in [0.05, 0.1) is 12.2 Å². The Bertz CT molecular complexity index is 597. The van der Waals surface area contributed by atoms with Gasteiger partial charge in [0.2, 0.25) is 5.91 Å². The van der Waals surface area contributed by atoms with E-state index in [2.05, 4.69) is 15.3 Å². The molecule has 3 aliphatic rings. The number of rotatable bonds is 6. The zero-order chi connectivity index (χ0) is 16.4. The number of amides is 1. The lowest BCUT2D eigenvalue weighted by Crippen LogP contribution is -2.37. The highest BCUT2D eigenvalue weighted by Gasteiger charge is 2.35. The predicted octanol–water partition coefficient (Wildman–Crippen LogP) is 2.00. The summed E-state index contributed by atoms with van der Waals surface area (Å²) in [7, 11) is 0. The van der Waals surface area contributed by atoms with E-state index in [-0.39, 0.29) is 5.92 Å². The van der Waals surface area contributed by atoms with E-state index in [4.69, 9.17) is 4.74 Å². The van der Waals surface area contributed by atoms with Crippen LogP contribution in [0.25, 0.3) is 0 Å². The third-order valence-electron chi connectivity index (χ3n) is 5.35. The predicted molar refractivity (Wildman–Crippen MR) is 90.5 cm³/mol.